The summed E-state index contributed by atoms with van der Waals surface area (Å²) in [5, 5.41) is 0. The van der Waals surface area contributed by atoms with Gasteiger partial charge in [-0.2, -0.15) is 4.31 Å². The third-order valence-corrected chi connectivity index (χ3v) is 6.33. The first kappa shape index (κ1) is 17.3. The molecule has 24 heavy (non-hydrogen) atoms. The van der Waals surface area contributed by atoms with Crippen molar-refractivity contribution in [2.24, 2.45) is 0 Å². The highest BCUT2D eigenvalue weighted by Gasteiger charge is 2.47. The van der Waals surface area contributed by atoms with Crippen LogP contribution in [0.2, 0.25) is 0 Å². The monoisotopic (exact) mass is 356 g/mol. The van der Waals surface area contributed by atoms with E-state index in [1.165, 1.54) is 17.0 Å². The van der Waals surface area contributed by atoms with Crippen LogP contribution in [0.15, 0.2) is 35.2 Å². The zero-order valence-electron chi connectivity index (χ0n) is 13.4. The van der Waals surface area contributed by atoms with Gasteiger partial charge < -0.3 is 9.64 Å². The van der Waals surface area contributed by atoms with E-state index in [9.17, 15) is 13.2 Å². The summed E-state index contributed by atoms with van der Waals surface area (Å²) in [7, 11) is -3.80. The molecule has 1 amide bonds. The number of hydrogen-bond donors (Lipinski definition) is 0. The fraction of sp³-hybridized carbons (Fsp3) is 0.562. The molecule has 1 aromatic carbocycles. The second-order valence-electron chi connectivity index (χ2n) is 6.13. The molecule has 2 aliphatic heterocycles. The van der Waals surface area contributed by atoms with Gasteiger partial charge in [0.1, 0.15) is 0 Å². The Kier molecular flexibility index (Phi) is 4.89. The van der Waals surface area contributed by atoms with E-state index in [4.69, 9.17) is 4.74 Å². The van der Waals surface area contributed by atoms with Crippen LogP contribution < -0.4 is 0 Å². The molecule has 0 radical (unpaired) electrons. The molecule has 0 bridgehead atoms. The fourth-order valence-corrected chi connectivity index (χ4v) is 4.69. The van der Waals surface area contributed by atoms with E-state index in [0.717, 1.165) is 4.31 Å². The van der Waals surface area contributed by atoms with Crippen molar-refractivity contribution in [3.63, 3.8) is 0 Å². The average Bonchev–Trinajstić information content (AvgIpc) is 2.62. The van der Waals surface area contributed by atoms with Gasteiger partial charge in [0.15, 0.2) is 0 Å². The van der Waals surface area contributed by atoms with Gasteiger partial charge in [-0.05, 0) is 25.0 Å². The molecule has 6 nitrogen and oxygen atoms in total. The predicted octanol–water partition coefficient (Wildman–Crippen LogP) is 1.04. The van der Waals surface area contributed by atoms with Crippen molar-refractivity contribution >= 4 is 15.9 Å². The first-order chi connectivity index (χ1) is 11.4. The van der Waals surface area contributed by atoms with Crippen LogP contribution in [-0.2, 0) is 19.6 Å². The Morgan fingerprint density at radius 2 is 1.79 bits per heavy atom. The van der Waals surface area contributed by atoms with Gasteiger partial charge in [0, 0.05) is 19.6 Å². The summed E-state index contributed by atoms with van der Waals surface area (Å²) in [5.41, 5.74) is -2.17. The topological polar surface area (TPSA) is 66.9 Å². The van der Waals surface area contributed by atoms with E-state index in [0.29, 0.717) is 32.7 Å². The standard InChI is InChI=1S/C16H21FN2O4S/c17-16(15(20)18-9-11-23-12-10-18)7-4-8-19(13-16)24(21,22)14-5-2-1-3-6-14/h1-3,5-6H,4,7-13H2. The van der Waals surface area contributed by atoms with Gasteiger partial charge in [0.2, 0.25) is 15.7 Å². The maximum Gasteiger partial charge on any atom is 0.261 e. The van der Waals surface area contributed by atoms with Crippen LogP contribution in [0.4, 0.5) is 4.39 Å². The highest BCUT2D eigenvalue weighted by molar-refractivity contribution is 7.89. The van der Waals surface area contributed by atoms with E-state index < -0.39 is 28.1 Å². The Labute approximate surface area is 141 Å². The summed E-state index contributed by atoms with van der Waals surface area (Å²) in [5.74, 6) is -0.626. The molecule has 8 heteroatoms. The SMILES string of the molecule is O=C(N1CCOCC1)C1(F)CCCN(S(=O)(=O)c2ccccc2)C1. The summed E-state index contributed by atoms with van der Waals surface area (Å²) >= 11 is 0. The van der Waals surface area contributed by atoms with E-state index >= 15 is 4.39 Å². The molecule has 1 atom stereocenters. The van der Waals surface area contributed by atoms with Crippen molar-refractivity contribution in [1.29, 1.82) is 0 Å². The molecule has 1 aromatic rings. The molecule has 0 N–H and O–H groups in total. The molecular formula is C16H21FN2O4S. The van der Waals surface area contributed by atoms with Gasteiger partial charge in [0.05, 0.1) is 24.7 Å². The lowest BCUT2D eigenvalue weighted by atomic mass is 9.94. The number of piperidine rings is 1. The highest BCUT2D eigenvalue weighted by atomic mass is 32.2. The lowest BCUT2D eigenvalue weighted by Gasteiger charge is -2.39. The number of amides is 1. The molecular weight excluding hydrogens is 335 g/mol. The maximum absolute atomic E-state index is 15.3. The third kappa shape index (κ3) is 3.31. The van der Waals surface area contributed by atoms with E-state index in [-0.39, 0.29) is 17.9 Å². The molecule has 0 saturated carbocycles. The second kappa shape index (κ2) is 6.78. The van der Waals surface area contributed by atoms with Crippen molar-refractivity contribution in [2.45, 2.75) is 23.4 Å². The Balaban J connectivity index is 1.79. The molecule has 2 fully saturated rings. The van der Waals surface area contributed by atoms with Crippen molar-refractivity contribution in [3.05, 3.63) is 30.3 Å². The number of nitrogens with zero attached hydrogens (tertiary/aromatic N) is 2. The van der Waals surface area contributed by atoms with Gasteiger partial charge in [-0.3, -0.25) is 4.79 Å². The first-order valence-electron chi connectivity index (χ1n) is 8.05. The van der Waals surface area contributed by atoms with Crippen molar-refractivity contribution in [1.82, 2.24) is 9.21 Å². The van der Waals surface area contributed by atoms with Crippen molar-refractivity contribution in [2.75, 3.05) is 39.4 Å². The molecule has 3 rings (SSSR count). The van der Waals surface area contributed by atoms with Crippen LogP contribution in [-0.4, -0.2) is 68.6 Å². The number of alkyl halides is 1. The molecule has 0 spiro atoms. The van der Waals surface area contributed by atoms with Crippen molar-refractivity contribution in [3.8, 4) is 0 Å². The first-order valence-corrected chi connectivity index (χ1v) is 9.49. The van der Waals surface area contributed by atoms with Crippen LogP contribution in [0.25, 0.3) is 0 Å². The van der Waals surface area contributed by atoms with E-state index in [2.05, 4.69) is 0 Å². The number of rotatable bonds is 3. The Morgan fingerprint density at radius 1 is 1.12 bits per heavy atom. The Hall–Kier alpha value is -1.51. The molecule has 2 aliphatic rings. The molecule has 2 heterocycles. The van der Waals surface area contributed by atoms with E-state index in [1.54, 1.807) is 18.2 Å². The minimum atomic E-state index is -3.80. The quantitative estimate of drug-likeness (QED) is 0.812. The highest BCUT2D eigenvalue weighted by Crippen LogP contribution is 2.31. The van der Waals surface area contributed by atoms with Crippen LogP contribution in [0.3, 0.4) is 0 Å². The van der Waals surface area contributed by atoms with Crippen LogP contribution in [0.5, 0.6) is 0 Å². The fourth-order valence-electron chi connectivity index (χ4n) is 3.14. The summed E-state index contributed by atoms with van der Waals surface area (Å²) in [6.07, 6.45) is 0.364. The zero-order valence-corrected chi connectivity index (χ0v) is 14.2. The van der Waals surface area contributed by atoms with Gasteiger partial charge in [-0.15, -0.1) is 0 Å². The molecule has 0 aromatic heterocycles. The number of carbonyl (C=O) groups excluding carboxylic acids is 1. The number of carbonyl (C=O) groups is 1. The summed E-state index contributed by atoms with van der Waals surface area (Å²) in [4.78, 5) is 14.1. The van der Waals surface area contributed by atoms with Gasteiger partial charge in [0.25, 0.3) is 5.91 Å². The number of sulfonamides is 1. The summed E-state index contributed by atoms with van der Waals surface area (Å²) < 4.78 is 47.0. The van der Waals surface area contributed by atoms with Gasteiger partial charge in [-0.25, -0.2) is 12.8 Å². The number of ether oxygens (including phenoxy) is 1. The third-order valence-electron chi connectivity index (χ3n) is 4.47. The lowest BCUT2D eigenvalue weighted by Crippen LogP contribution is -2.58. The smallest absolute Gasteiger partial charge is 0.261 e. The minimum absolute atomic E-state index is 0.0456. The van der Waals surface area contributed by atoms with Gasteiger partial charge in [-0.1, -0.05) is 18.2 Å². The lowest BCUT2D eigenvalue weighted by molar-refractivity contribution is -0.150. The number of morpholine rings is 1. The average molecular weight is 356 g/mol. The second-order valence-corrected chi connectivity index (χ2v) is 8.06. The Morgan fingerprint density at radius 3 is 2.46 bits per heavy atom. The number of hydrogen-bond acceptors (Lipinski definition) is 4. The normalized spacial score (nSPS) is 26.3. The maximum atomic E-state index is 15.3. The van der Waals surface area contributed by atoms with E-state index in [1.807, 2.05) is 0 Å². The largest absolute Gasteiger partial charge is 0.378 e. The molecule has 1 unspecified atom stereocenters. The Bertz CT molecular complexity index is 691. The minimum Gasteiger partial charge on any atom is -0.378 e. The summed E-state index contributed by atoms with van der Waals surface area (Å²) in [6.45, 7) is 1.24. The summed E-state index contributed by atoms with van der Waals surface area (Å²) in [6, 6.07) is 7.93. The van der Waals surface area contributed by atoms with Crippen LogP contribution in [0, 0.1) is 0 Å². The number of benzene rings is 1. The number of halogens is 1. The molecule has 0 aliphatic carbocycles. The predicted molar refractivity (Wildman–Crippen MR) is 85.7 cm³/mol. The van der Waals surface area contributed by atoms with Crippen molar-refractivity contribution < 1.29 is 22.3 Å². The van der Waals surface area contributed by atoms with Crippen LogP contribution in [0.1, 0.15) is 12.8 Å². The zero-order chi connectivity index (χ0) is 17.2. The molecule has 2 saturated heterocycles. The van der Waals surface area contributed by atoms with Gasteiger partial charge >= 0.3 is 0 Å². The van der Waals surface area contributed by atoms with Crippen LogP contribution >= 0.6 is 0 Å². The molecule has 132 valence electrons.